The molecule has 0 aliphatic carbocycles. The molecular weight excluding hydrogens is 288 g/mol. The van der Waals surface area contributed by atoms with Crippen LogP contribution in [-0.4, -0.2) is 50.2 Å². The molecule has 0 aromatic heterocycles. The van der Waals surface area contributed by atoms with E-state index >= 15 is 0 Å². The number of hydrogen-bond donors (Lipinski definition) is 1. The van der Waals surface area contributed by atoms with Crippen LogP contribution in [0.3, 0.4) is 0 Å². The predicted molar refractivity (Wildman–Crippen MR) is 86.8 cm³/mol. The number of nitrogens with one attached hydrogen (secondary N) is 1. The molecule has 0 amide bonds. The van der Waals surface area contributed by atoms with Crippen LogP contribution in [0.5, 0.6) is 5.75 Å². The second-order valence-electron chi connectivity index (χ2n) is 4.94. The number of rotatable bonds is 4. The van der Waals surface area contributed by atoms with Crippen molar-refractivity contribution in [3.05, 3.63) is 24.3 Å². The molecule has 1 aliphatic heterocycles. The number of para-hydroxylation sites is 2. The van der Waals surface area contributed by atoms with Gasteiger partial charge in [0, 0.05) is 40.2 Å². The van der Waals surface area contributed by atoms with Gasteiger partial charge in [-0.3, -0.25) is 0 Å². The van der Waals surface area contributed by atoms with Gasteiger partial charge in [-0.25, -0.2) is 0 Å². The van der Waals surface area contributed by atoms with E-state index in [2.05, 4.69) is 10.2 Å². The van der Waals surface area contributed by atoms with Crippen LogP contribution >= 0.6 is 12.2 Å². The van der Waals surface area contributed by atoms with E-state index in [1.165, 1.54) is 0 Å². The van der Waals surface area contributed by atoms with Crippen LogP contribution in [0.2, 0.25) is 0 Å². The Labute approximate surface area is 131 Å². The van der Waals surface area contributed by atoms with Crippen LogP contribution in [0.1, 0.15) is 12.8 Å². The molecular formula is C15H22N2O3S. The molecule has 1 heterocycles. The lowest BCUT2D eigenvalue weighted by molar-refractivity contribution is -0.225. The van der Waals surface area contributed by atoms with Crippen LogP contribution < -0.4 is 10.1 Å². The van der Waals surface area contributed by atoms with Gasteiger partial charge in [0.15, 0.2) is 10.9 Å². The van der Waals surface area contributed by atoms with Crippen molar-refractivity contribution >= 4 is 23.0 Å². The van der Waals surface area contributed by atoms with Gasteiger partial charge in [-0.1, -0.05) is 12.1 Å². The van der Waals surface area contributed by atoms with E-state index in [-0.39, 0.29) is 0 Å². The van der Waals surface area contributed by atoms with Crippen LogP contribution in [0.15, 0.2) is 24.3 Å². The molecule has 0 atom stereocenters. The molecule has 1 aliphatic rings. The van der Waals surface area contributed by atoms with E-state index in [0.29, 0.717) is 5.11 Å². The first-order valence-corrected chi connectivity index (χ1v) is 7.34. The first kappa shape index (κ1) is 16.0. The van der Waals surface area contributed by atoms with Crippen molar-refractivity contribution in [3.8, 4) is 5.75 Å². The Kier molecular flexibility index (Phi) is 5.39. The van der Waals surface area contributed by atoms with Crippen LogP contribution in [0, 0.1) is 0 Å². The lowest BCUT2D eigenvalue weighted by Crippen LogP contribution is -2.49. The van der Waals surface area contributed by atoms with Crippen molar-refractivity contribution in [2.75, 3.05) is 39.7 Å². The number of ether oxygens (including phenoxy) is 3. The van der Waals surface area contributed by atoms with Gasteiger partial charge in [-0.05, 0) is 24.4 Å². The van der Waals surface area contributed by atoms with E-state index < -0.39 is 5.79 Å². The van der Waals surface area contributed by atoms with Crippen molar-refractivity contribution in [2.24, 2.45) is 0 Å². The Morgan fingerprint density at radius 2 is 1.76 bits per heavy atom. The lowest BCUT2D eigenvalue weighted by Gasteiger charge is -2.40. The summed E-state index contributed by atoms with van der Waals surface area (Å²) in [4.78, 5) is 2.12. The normalized spacial score (nSPS) is 17.4. The maximum Gasteiger partial charge on any atom is 0.173 e. The summed E-state index contributed by atoms with van der Waals surface area (Å²) in [7, 11) is 5.02. The summed E-state index contributed by atoms with van der Waals surface area (Å²) >= 11 is 5.49. The SMILES string of the molecule is COc1ccccc1NC(=S)N1CCC(OC)(OC)CC1. The topological polar surface area (TPSA) is 43.0 Å². The van der Waals surface area contributed by atoms with Crippen molar-refractivity contribution in [1.29, 1.82) is 0 Å². The summed E-state index contributed by atoms with van der Waals surface area (Å²) in [5.41, 5.74) is 0.875. The number of likely N-dealkylation sites (tertiary alicyclic amines) is 1. The van der Waals surface area contributed by atoms with Gasteiger partial charge in [-0.15, -0.1) is 0 Å². The molecule has 2 rings (SSSR count). The molecule has 6 heteroatoms. The minimum absolute atomic E-state index is 0.476. The molecule has 1 aromatic rings. The third-order valence-electron chi connectivity index (χ3n) is 3.91. The zero-order chi connectivity index (χ0) is 15.3. The van der Waals surface area contributed by atoms with Crippen molar-refractivity contribution in [3.63, 3.8) is 0 Å². The second kappa shape index (κ2) is 7.06. The minimum atomic E-state index is -0.476. The summed E-state index contributed by atoms with van der Waals surface area (Å²) in [6.07, 6.45) is 1.57. The fourth-order valence-corrected chi connectivity index (χ4v) is 2.78. The fourth-order valence-electron chi connectivity index (χ4n) is 2.48. The summed E-state index contributed by atoms with van der Waals surface area (Å²) in [6.45, 7) is 1.59. The Morgan fingerprint density at radius 3 is 2.33 bits per heavy atom. The molecule has 1 fully saturated rings. The second-order valence-corrected chi connectivity index (χ2v) is 5.32. The van der Waals surface area contributed by atoms with E-state index in [0.717, 1.165) is 37.4 Å². The summed E-state index contributed by atoms with van der Waals surface area (Å²) in [5.74, 6) is 0.302. The molecule has 1 saturated heterocycles. The average Bonchev–Trinajstić information content (AvgIpc) is 2.55. The molecule has 0 saturated carbocycles. The van der Waals surface area contributed by atoms with E-state index in [4.69, 9.17) is 26.4 Å². The summed E-state index contributed by atoms with van der Waals surface area (Å²) in [6, 6.07) is 7.73. The standard InChI is InChI=1S/C15H22N2O3S/c1-18-13-7-5-4-6-12(13)16-14(21)17-10-8-15(19-2,20-3)9-11-17/h4-7H,8-11H2,1-3H3,(H,16,21). The average molecular weight is 310 g/mol. The van der Waals surface area contributed by atoms with Crippen LogP contribution in [-0.2, 0) is 9.47 Å². The van der Waals surface area contributed by atoms with Gasteiger partial charge >= 0.3 is 0 Å². The van der Waals surface area contributed by atoms with Crippen molar-refractivity contribution in [2.45, 2.75) is 18.6 Å². The molecule has 0 radical (unpaired) electrons. The number of thiocarbonyl (C=S) groups is 1. The smallest absolute Gasteiger partial charge is 0.173 e. The van der Waals surface area contributed by atoms with Gasteiger partial charge in [-0.2, -0.15) is 0 Å². The molecule has 0 unspecified atom stereocenters. The number of methoxy groups -OCH3 is 3. The Bertz CT molecular complexity index is 482. The monoisotopic (exact) mass is 310 g/mol. The molecule has 0 bridgehead atoms. The molecule has 0 spiro atoms. The van der Waals surface area contributed by atoms with Gasteiger partial charge in [0.1, 0.15) is 5.75 Å². The third kappa shape index (κ3) is 3.64. The van der Waals surface area contributed by atoms with E-state index in [9.17, 15) is 0 Å². The highest BCUT2D eigenvalue weighted by atomic mass is 32.1. The number of hydrogen-bond acceptors (Lipinski definition) is 4. The van der Waals surface area contributed by atoms with E-state index in [1.807, 2.05) is 24.3 Å². The molecule has 1 aromatic carbocycles. The Balaban J connectivity index is 1.96. The zero-order valence-electron chi connectivity index (χ0n) is 12.7. The van der Waals surface area contributed by atoms with Crippen molar-refractivity contribution in [1.82, 2.24) is 4.90 Å². The van der Waals surface area contributed by atoms with Gasteiger partial charge in [0.05, 0.1) is 12.8 Å². The Hall–Kier alpha value is -1.37. The number of anilines is 1. The first-order chi connectivity index (χ1) is 10.1. The molecule has 21 heavy (non-hydrogen) atoms. The highest BCUT2D eigenvalue weighted by Crippen LogP contribution is 2.28. The zero-order valence-corrected chi connectivity index (χ0v) is 13.5. The maximum absolute atomic E-state index is 5.49. The van der Waals surface area contributed by atoms with Crippen LogP contribution in [0.4, 0.5) is 5.69 Å². The predicted octanol–water partition coefficient (Wildman–Crippen LogP) is 2.48. The first-order valence-electron chi connectivity index (χ1n) is 6.93. The lowest BCUT2D eigenvalue weighted by atomic mass is 10.0. The van der Waals surface area contributed by atoms with Gasteiger partial charge < -0.3 is 24.4 Å². The minimum Gasteiger partial charge on any atom is -0.495 e. The fraction of sp³-hybridized carbons (Fsp3) is 0.533. The molecule has 116 valence electrons. The summed E-state index contributed by atoms with van der Waals surface area (Å²) < 4.78 is 16.3. The Morgan fingerprint density at radius 1 is 1.14 bits per heavy atom. The third-order valence-corrected chi connectivity index (χ3v) is 4.27. The summed E-state index contributed by atoms with van der Waals surface area (Å²) in [5, 5.41) is 3.94. The number of piperidine rings is 1. The molecule has 1 N–H and O–H groups in total. The number of nitrogens with zero attached hydrogens (tertiary/aromatic N) is 1. The molecule has 5 nitrogen and oxygen atoms in total. The highest BCUT2D eigenvalue weighted by molar-refractivity contribution is 7.80. The van der Waals surface area contributed by atoms with E-state index in [1.54, 1.807) is 21.3 Å². The highest BCUT2D eigenvalue weighted by Gasteiger charge is 2.35. The van der Waals surface area contributed by atoms with Gasteiger partial charge in [0.2, 0.25) is 0 Å². The quantitative estimate of drug-likeness (QED) is 0.681. The van der Waals surface area contributed by atoms with Crippen LogP contribution in [0.25, 0.3) is 0 Å². The van der Waals surface area contributed by atoms with Gasteiger partial charge in [0.25, 0.3) is 0 Å². The van der Waals surface area contributed by atoms with Crippen molar-refractivity contribution < 1.29 is 14.2 Å². The maximum atomic E-state index is 5.49. The number of benzene rings is 1. The largest absolute Gasteiger partial charge is 0.495 e.